The summed E-state index contributed by atoms with van der Waals surface area (Å²) in [6, 6.07) is 0. The first-order valence-electron chi connectivity index (χ1n) is 7.57. The van der Waals surface area contributed by atoms with Crippen LogP contribution in [0.3, 0.4) is 0 Å². The van der Waals surface area contributed by atoms with Crippen LogP contribution in [0.4, 0.5) is 0 Å². The zero-order chi connectivity index (χ0) is 15.6. The van der Waals surface area contributed by atoms with Crippen molar-refractivity contribution in [2.45, 2.75) is 72.3 Å². The topological polar surface area (TPSA) is 66.4 Å². The third-order valence-electron chi connectivity index (χ3n) is 3.85. The summed E-state index contributed by atoms with van der Waals surface area (Å²) in [7, 11) is 0. The summed E-state index contributed by atoms with van der Waals surface area (Å²) in [5.74, 6) is -1.82. The second kappa shape index (κ2) is 6.15. The Kier molecular flexibility index (Phi) is 5.22. The van der Waals surface area contributed by atoms with Gasteiger partial charge in [0.05, 0.1) is 11.8 Å². The van der Waals surface area contributed by atoms with E-state index in [1.165, 1.54) is 0 Å². The Bertz CT molecular complexity index is 368. The van der Waals surface area contributed by atoms with Crippen molar-refractivity contribution in [2.24, 2.45) is 17.3 Å². The standard InChI is InChI=1S/C16H29NO3/c1-15(2,3)10-16(4,5)17-13(18)11-8-6-7-9-12(11)14(19)20/h11-12H,6-10H2,1-5H3,(H,17,18)(H,19,20)/t11-,12+/m1/s1. The second-order valence-electron chi connectivity index (χ2n) is 7.95. The second-order valence-corrected chi connectivity index (χ2v) is 7.95. The number of rotatable bonds is 4. The SMILES string of the molecule is CC(C)(C)CC(C)(C)NC(=O)[C@@H]1CCCC[C@@H]1C(=O)O. The summed E-state index contributed by atoms with van der Waals surface area (Å²) >= 11 is 0. The fourth-order valence-corrected chi connectivity index (χ4v) is 3.54. The molecule has 2 atom stereocenters. The van der Waals surface area contributed by atoms with Gasteiger partial charge in [0.2, 0.25) is 5.91 Å². The third kappa shape index (κ3) is 5.14. The maximum atomic E-state index is 12.4. The van der Waals surface area contributed by atoms with Gasteiger partial charge >= 0.3 is 5.97 Å². The van der Waals surface area contributed by atoms with Crippen LogP contribution in [-0.2, 0) is 9.59 Å². The van der Waals surface area contributed by atoms with E-state index in [2.05, 4.69) is 26.1 Å². The minimum atomic E-state index is -0.835. The van der Waals surface area contributed by atoms with Gasteiger partial charge in [-0.3, -0.25) is 9.59 Å². The number of carbonyl (C=O) groups excluding carboxylic acids is 1. The van der Waals surface area contributed by atoms with Crippen molar-refractivity contribution in [3.8, 4) is 0 Å². The van der Waals surface area contributed by atoms with Gasteiger partial charge in [0.15, 0.2) is 0 Å². The van der Waals surface area contributed by atoms with Crippen molar-refractivity contribution in [1.29, 1.82) is 0 Å². The molecule has 1 fully saturated rings. The summed E-state index contributed by atoms with van der Waals surface area (Å²) in [4.78, 5) is 23.7. The Morgan fingerprint density at radius 2 is 1.55 bits per heavy atom. The first-order chi connectivity index (χ1) is 9.02. The molecule has 0 aromatic carbocycles. The Hall–Kier alpha value is -1.06. The quantitative estimate of drug-likeness (QED) is 0.832. The molecule has 0 spiro atoms. The summed E-state index contributed by atoms with van der Waals surface area (Å²) in [6.45, 7) is 10.4. The molecule has 0 aromatic heterocycles. The fourth-order valence-electron chi connectivity index (χ4n) is 3.54. The number of carboxylic acids is 1. The fraction of sp³-hybridized carbons (Fsp3) is 0.875. The highest BCUT2D eigenvalue weighted by Crippen LogP contribution is 2.32. The van der Waals surface area contributed by atoms with Gasteiger partial charge in [0, 0.05) is 5.54 Å². The van der Waals surface area contributed by atoms with Crippen LogP contribution in [-0.4, -0.2) is 22.5 Å². The molecular formula is C16H29NO3. The average molecular weight is 283 g/mol. The van der Waals surface area contributed by atoms with Crippen LogP contribution in [0, 0.1) is 17.3 Å². The van der Waals surface area contributed by atoms with Gasteiger partial charge in [-0.1, -0.05) is 33.6 Å². The molecule has 2 N–H and O–H groups in total. The van der Waals surface area contributed by atoms with E-state index >= 15 is 0 Å². The van der Waals surface area contributed by atoms with Gasteiger partial charge < -0.3 is 10.4 Å². The molecule has 0 unspecified atom stereocenters. The molecule has 20 heavy (non-hydrogen) atoms. The molecule has 1 aliphatic carbocycles. The normalized spacial score (nSPS) is 24.2. The zero-order valence-electron chi connectivity index (χ0n) is 13.5. The number of carboxylic acid groups (broad SMARTS) is 1. The summed E-state index contributed by atoms with van der Waals surface area (Å²) in [5.41, 5.74) is -0.189. The average Bonchev–Trinajstić information content (AvgIpc) is 2.24. The number of hydrogen-bond acceptors (Lipinski definition) is 2. The van der Waals surface area contributed by atoms with Gasteiger partial charge in [0.1, 0.15) is 0 Å². The van der Waals surface area contributed by atoms with E-state index in [1.54, 1.807) is 0 Å². The molecule has 1 amide bonds. The van der Waals surface area contributed by atoms with Crippen LogP contribution < -0.4 is 5.32 Å². The smallest absolute Gasteiger partial charge is 0.307 e. The lowest BCUT2D eigenvalue weighted by atomic mass is 9.77. The predicted octanol–water partition coefficient (Wildman–Crippen LogP) is 3.21. The van der Waals surface area contributed by atoms with Gasteiger partial charge in [-0.25, -0.2) is 0 Å². The highest BCUT2D eigenvalue weighted by atomic mass is 16.4. The number of carbonyl (C=O) groups is 2. The molecule has 1 rings (SSSR count). The lowest BCUT2D eigenvalue weighted by molar-refractivity contribution is -0.149. The first kappa shape index (κ1) is 17.0. The molecule has 4 nitrogen and oxygen atoms in total. The van der Waals surface area contributed by atoms with Crippen LogP contribution in [0.1, 0.15) is 66.7 Å². The lowest BCUT2D eigenvalue weighted by Gasteiger charge is -2.36. The largest absolute Gasteiger partial charge is 0.481 e. The Labute approximate surface area is 122 Å². The van der Waals surface area contributed by atoms with E-state index in [4.69, 9.17) is 0 Å². The van der Waals surface area contributed by atoms with Crippen molar-refractivity contribution in [1.82, 2.24) is 5.32 Å². The predicted molar refractivity (Wildman–Crippen MR) is 79.4 cm³/mol. The number of nitrogens with one attached hydrogen (secondary N) is 1. The van der Waals surface area contributed by atoms with E-state index in [0.29, 0.717) is 12.8 Å². The third-order valence-corrected chi connectivity index (χ3v) is 3.85. The minimum Gasteiger partial charge on any atom is -0.481 e. The van der Waals surface area contributed by atoms with Crippen molar-refractivity contribution in [2.75, 3.05) is 0 Å². The number of hydrogen-bond donors (Lipinski definition) is 2. The van der Waals surface area contributed by atoms with Crippen molar-refractivity contribution >= 4 is 11.9 Å². The van der Waals surface area contributed by atoms with E-state index in [9.17, 15) is 14.7 Å². The number of amides is 1. The monoisotopic (exact) mass is 283 g/mol. The van der Waals surface area contributed by atoms with Gasteiger partial charge in [0.25, 0.3) is 0 Å². The number of aliphatic carboxylic acids is 1. The molecule has 116 valence electrons. The van der Waals surface area contributed by atoms with E-state index < -0.39 is 11.9 Å². The van der Waals surface area contributed by atoms with Crippen molar-refractivity contribution < 1.29 is 14.7 Å². The summed E-state index contributed by atoms with van der Waals surface area (Å²) in [6.07, 6.45) is 4.02. The molecule has 0 saturated heterocycles. The lowest BCUT2D eigenvalue weighted by Crippen LogP contribution is -2.50. The molecule has 0 aromatic rings. The highest BCUT2D eigenvalue weighted by molar-refractivity contribution is 5.85. The molecule has 1 saturated carbocycles. The maximum Gasteiger partial charge on any atom is 0.307 e. The zero-order valence-corrected chi connectivity index (χ0v) is 13.5. The van der Waals surface area contributed by atoms with Crippen LogP contribution >= 0.6 is 0 Å². The van der Waals surface area contributed by atoms with Crippen LogP contribution in [0.25, 0.3) is 0 Å². The van der Waals surface area contributed by atoms with E-state index in [0.717, 1.165) is 19.3 Å². The van der Waals surface area contributed by atoms with Gasteiger partial charge in [-0.15, -0.1) is 0 Å². The molecule has 4 heteroatoms. The summed E-state index contributed by atoms with van der Waals surface area (Å²) < 4.78 is 0. The molecule has 0 radical (unpaired) electrons. The molecule has 0 heterocycles. The van der Waals surface area contributed by atoms with E-state index in [1.807, 2.05) is 13.8 Å². The highest BCUT2D eigenvalue weighted by Gasteiger charge is 2.38. The minimum absolute atomic E-state index is 0.0913. The van der Waals surface area contributed by atoms with Crippen LogP contribution in [0.15, 0.2) is 0 Å². The summed E-state index contributed by atoms with van der Waals surface area (Å²) in [5, 5.41) is 12.3. The van der Waals surface area contributed by atoms with Crippen molar-refractivity contribution in [3.05, 3.63) is 0 Å². The molecule has 0 aliphatic heterocycles. The van der Waals surface area contributed by atoms with Crippen LogP contribution in [0.2, 0.25) is 0 Å². The molecular weight excluding hydrogens is 254 g/mol. The Balaban J connectivity index is 2.71. The maximum absolute atomic E-state index is 12.4. The van der Waals surface area contributed by atoms with Crippen LogP contribution in [0.5, 0.6) is 0 Å². The Morgan fingerprint density at radius 1 is 1.05 bits per heavy atom. The first-order valence-corrected chi connectivity index (χ1v) is 7.57. The van der Waals surface area contributed by atoms with E-state index in [-0.39, 0.29) is 22.8 Å². The Morgan fingerprint density at radius 3 is 2.00 bits per heavy atom. The van der Waals surface area contributed by atoms with Gasteiger partial charge in [-0.2, -0.15) is 0 Å². The van der Waals surface area contributed by atoms with Gasteiger partial charge in [-0.05, 0) is 38.5 Å². The molecule has 1 aliphatic rings. The van der Waals surface area contributed by atoms with Crippen molar-refractivity contribution in [3.63, 3.8) is 0 Å². The molecule has 0 bridgehead atoms.